The van der Waals surface area contributed by atoms with Crippen LogP contribution in [0, 0.1) is 14.9 Å². The van der Waals surface area contributed by atoms with Crippen LogP contribution in [0.4, 0.5) is 11.4 Å². The third-order valence-corrected chi connectivity index (χ3v) is 3.96. The summed E-state index contributed by atoms with van der Waals surface area (Å²) in [6.07, 6.45) is 1.51. The first-order valence-electron chi connectivity index (χ1n) is 7.69. The second-order valence-corrected chi connectivity index (χ2v) is 6.09. The molecule has 0 aliphatic heterocycles. The molecular formula is C17H16N6O2S. The van der Waals surface area contributed by atoms with Crippen LogP contribution in [-0.2, 0) is 0 Å². The fourth-order valence-corrected chi connectivity index (χ4v) is 2.52. The lowest BCUT2D eigenvalue weighted by molar-refractivity contribution is -0.384. The number of hydrogen-bond donors (Lipinski definition) is 1. The molecule has 2 aromatic carbocycles. The van der Waals surface area contributed by atoms with Crippen molar-refractivity contribution in [3.63, 3.8) is 0 Å². The van der Waals surface area contributed by atoms with Gasteiger partial charge >= 0.3 is 0 Å². The number of hydrogen-bond acceptors (Lipinski definition) is 6. The van der Waals surface area contributed by atoms with Crippen molar-refractivity contribution in [1.29, 1.82) is 0 Å². The Labute approximate surface area is 154 Å². The van der Waals surface area contributed by atoms with Crippen molar-refractivity contribution in [3.05, 3.63) is 69.0 Å². The molecule has 132 valence electrons. The standard InChI is InChI=1S/C17H16N6O2S/c1-21(2)14-8-6-13(7-9-14)16-19-20-17(26)22(16)18-11-12-4-3-5-15(10-12)23(24)25/h3-11H,1-2H3,(H,20,26). The molecule has 0 saturated carbocycles. The molecule has 3 rings (SSSR count). The molecule has 0 bridgehead atoms. The van der Waals surface area contributed by atoms with E-state index in [1.807, 2.05) is 43.3 Å². The molecule has 0 radical (unpaired) electrons. The number of aromatic amines is 1. The molecule has 26 heavy (non-hydrogen) atoms. The molecule has 3 aromatic rings. The van der Waals surface area contributed by atoms with Gasteiger partial charge in [-0.05, 0) is 36.5 Å². The maximum atomic E-state index is 10.9. The van der Waals surface area contributed by atoms with Gasteiger partial charge in [-0.25, -0.2) is 5.10 Å². The molecule has 0 atom stereocenters. The Kier molecular flexibility index (Phi) is 4.90. The van der Waals surface area contributed by atoms with E-state index >= 15 is 0 Å². The fourth-order valence-electron chi connectivity index (χ4n) is 2.34. The van der Waals surface area contributed by atoms with Gasteiger partial charge in [0, 0.05) is 43.0 Å². The quantitative estimate of drug-likeness (QED) is 0.322. The lowest BCUT2D eigenvalue weighted by Gasteiger charge is -2.12. The zero-order valence-corrected chi connectivity index (χ0v) is 15.0. The Morgan fingerprint density at radius 3 is 2.65 bits per heavy atom. The molecule has 0 aliphatic carbocycles. The van der Waals surface area contributed by atoms with Crippen LogP contribution in [0.5, 0.6) is 0 Å². The van der Waals surface area contributed by atoms with Crippen LogP contribution in [0.2, 0.25) is 0 Å². The van der Waals surface area contributed by atoms with Crippen LogP contribution in [0.1, 0.15) is 5.56 Å². The Hall–Kier alpha value is -3.33. The SMILES string of the molecule is CN(C)c1ccc(-c2n[nH]c(=S)n2N=Cc2cccc([N+](=O)[O-])c2)cc1. The van der Waals surface area contributed by atoms with Crippen molar-refractivity contribution in [1.82, 2.24) is 14.9 Å². The summed E-state index contributed by atoms with van der Waals surface area (Å²) in [5.41, 5.74) is 2.51. The van der Waals surface area contributed by atoms with Gasteiger partial charge < -0.3 is 4.90 Å². The Bertz CT molecular complexity index is 1020. The molecule has 1 N–H and O–H groups in total. The smallest absolute Gasteiger partial charge is 0.270 e. The molecule has 0 amide bonds. The minimum Gasteiger partial charge on any atom is -0.378 e. The van der Waals surface area contributed by atoms with E-state index in [4.69, 9.17) is 12.2 Å². The largest absolute Gasteiger partial charge is 0.378 e. The second kappa shape index (κ2) is 7.28. The predicted octanol–water partition coefficient (Wildman–Crippen LogP) is 3.46. The van der Waals surface area contributed by atoms with Gasteiger partial charge in [0.2, 0.25) is 4.77 Å². The topological polar surface area (TPSA) is 92.3 Å². The number of aromatic nitrogens is 3. The van der Waals surface area contributed by atoms with Gasteiger partial charge in [-0.1, -0.05) is 12.1 Å². The number of nitro benzene ring substituents is 1. The van der Waals surface area contributed by atoms with Crippen molar-refractivity contribution in [2.24, 2.45) is 5.10 Å². The number of benzene rings is 2. The van der Waals surface area contributed by atoms with Gasteiger partial charge in [-0.3, -0.25) is 10.1 Å². The first kappa shape index (κ1) is 17.5. The molecule has 0 aliphatic rings. The van der Waals surface area contributed by atoms with Crippen LogP contribution in [0.15, 0.2) is 53.6 Å². The minimum atomic E-state index is -0.446. The van der Waals surface area contributed by atoms with Crippen molar-refractivity contribution >= 4 is 29.8 Å². The van der Waals surface area contributed by atoms with Crippen LogP contribution < -0.4 is 4.90 Å². The summed E-state index contributed by atoms with van der Waals surface area (Å²) in [5, 5.41) is 22.2. The number of anilines is 1. The van der Waals surface area contributed by atoms with Gasteiger partial charge in [0.25, 0.3) is 5.69 Å². The zero-order valence-electron chi connectivity index (χ0n) is 14.2. The highest BCUT2D eigenvalue weighted by Crippen LogP contribution is 2.21. The summed E-state index contributed by atoms with van der Waals surface area (Å²) in [6.45, 7) is 0. The van der Waals surface area contributed by atoms with Crippen LogP contribution in [-0.4, -0.2) is 40.1 Å². The molecule has 1 heterocycles. The first-order valence-corrected chi connectivity index (χ1v) is 8.10. The number of rotatable bonds is 5. The molecule has 0 unspecified atom stereocenters. The van der Waals surface area contributed by atoms with Crippen molar-refractivity contribution in [3.8, 4) is 11.4 Å². The fraction of sp³-hybridized carbons (Fsp3) is 0.118. The van der Waals surface area contributed by atoms with Crippen molar-refractivity contribution < 1.29 is 4.92 Å². The van der Waals surface area contributed by atoms with E-state index in [2.05, 4.69) is 15.3 Å². The predicted molar refractivity (Wildman–Crippen MR) is 103 cm³/mol. The van der Waals surface area contributed by atoms with E-state index < -0.39 is 4.92 Å². The van der Waals surface area contributed by atoms with Crippen molar-refractivity contribution in [2.45, 2.75) is 0 Å². The maximum Gasteiger partial charge on any atom is 0.270 e. The summed E-state index contributed by atoms with van der Waals surface area (Å²) in [5.74, 6) is 0.557. The Morgan fingerprint density at radius 1 is 1.27 bits per heavy atom. The van der Waals surface area contributed by atoms with Gasteiger partial charge in [0.1, 0.15) is 0 Å². The number of non-ortho nitro benzene ring substituents is 1. The highest BCUT2D eigenvalue weighted by molar-refractivity contribution is 7.71. The number of nitro groups is 1. The summed E-state index contributed by atoms with van der Waals surface area (Å²) in [7, 11) is 3.93. The third kappa shape index (κ3) is 3.67. The molecule has 9 heteroatoms. The number of H-pyrrole nitrogens is 1. The molecular weight excluding hydrogens is 352 g/mol. The normalized spacial score (nSPS) is 11.0. The van der Waals surface area contributed by atoms with Crippen molar-refractivity contribution in [2.75, 3.05) is 19.0 Å². The molecule has 0 saturated heterocycles. The van der Waals surface area contributed by atoms with E-state index in [9.17, 15) is 10.1 Å². The zero-order chi connectivity index (χ0) is 18.7. The number of nitrogens with one attached hydrogen (secondary N) is 1. The van der Waals surface area contributed by atoms with Gasteiger partial charge in [-0.2, -0.15) is 14.9 Å². The van der Waals surface area contributed by atoms with Gasteiger partial charge in [-0.15, -0.1) is 0 Å². The van der Waals surface area contributed by atoms with E-state index in [1.165, 1.54) is 23.0 Å². The highest BCUT2D eigenvalue weighted by Gasteiger charge is 2.09. The third-order valence-electron chi connectivity index (χ3n) is 3.70. The van der Waals surface area contributed by atoms with E-state index in [0.717, 1.165) is 11.3 Å². The summed E-state index contributed by atoms with van der Waals surface area (Å²) in [6, 6.07) is 14.0. The monoisotopic (exact) mass is 368 g/mol. The first-order chi connectivity index (χ1) is 12.5. The summed E-state index contributed by atoms with van der Waals surface area (Å²) in [4.78, 5) is 12.4. The maximum absolute atomic E-state index is 10.9. The minimum absolute atomic E-state index is 0.00392. The lowest BCUT2D eigenvalue weighted by Crippen LogP contribution is -2.08. The molecule has 8 nitrogen and oxygen atoms in total. The summed E-state index contributed by atoms with van der Waals surface area (Å²) < 4.78 is 1.82. The molecule has 1 aromatic heterocycles. The number of nitrogens with zero attached hydrogens (tertiary/aromatic N) is 5. The van der Waals surface area contributed by atoms with E-state index in [1.54, 1.807) is 12.1 Å². The van der Waals surface area contributed by atoms with Crippen LogP contribution in [0.25, 0.3) is 11.4 Å². The van der Waals surface area contributed by atoms with Crippen LogP contribution >= 0.6 is 12.2 Å². The van der Waals surface area contributed by atoms with E-state index in [-0.39, 0.29) is 5.69 Å². The van der Waals surface area contributed by atoms with Gasteiger partial charge in [0.15, 0.2) is 5.82 Å². The average molecular weight is 368 g/mol. The average Bonchev–Trinajstić information content (AvgIpc) is 3.01. The molecule has 0 spiro atoms. The highest BCUT2D eigenvalue weighted by atomic mass is 32.1. The Morgan fingerprint density at radius 2 is 2.00 bits per heavy atom. The van der Waals surface area contributed by atoms with Crippen LogP contribution in [0.3, 0.4) is 0 Å². The summed E-state index contributed by atoms with van der Waals surface area (Å²) >= 11 is 5.24. The Balaban J connectivity index is 1.94. The lowest BCUT2D eigenvalue weighted by atomic mass is 10.2. The van der Waals surface area contributed by atoms with Gasteiger partial charge in [0.05, 0.1) is 11.1 Å². The molecule has 0 fully saturated rings. The van der Waals surface area contributed by atoms with E-state index in [0.29, 0.717) is 16.2 Å². The second-order valence-electron chi connectivity index (χ2n) is 5.70.